The first-order valence-corrected chi connectivity index (χ1v) is 7.87. The number of nitrogens with one attached hydrogen (secondary N) is 1. The molecular weight excluding hydrogens is 306 g/mol. The molecule has 7 nitrogen and oxygen atoms in total. The summed E-state index contributed by atoms with van der Waals surface area (Å²) in [4.78, 5) is 34.2. The number of carbonyl (C=O) groups is 2. The Morgan fingerprint density at radius 2 is 1.75 bits per heavy atom. The molecule has 0 unspecified atom stereocenters. The van der Waals surface area contributed by atoms with E-state index in [0.717, 1.165) is 0 Å². The second kappa shape index (κ2) is 7.08. The van der Waals surface area contributed by atoms with Gasteiger partial charge in [0.1, 0.15) is 0 Å². The molecule has 0 radical (unpaired) electrons. The lowest BCUT2D eigenvalue weighted by Gasteiger charge is -2.32. The molecule has 0 aliphatic carbocycles. The van der Waals surface area contributed by atoms with Crippen LogP contribution in [0.1, 0.15) is 33.7 Å². The van der Waals surface area contributed by atoms with Gasteiger partial charge in [0.15, 0.2) is 11.5 Å². The van der Waals surface area contributed by atoms with Crippen molar-refractivity contribution in [1.29, 1.82) is 0 Å². The molecule has 1 saturated heterocycles. The maximum atomic E-state index is 12.4. The third kappa shape index (κ3) is 3.51. The minimum absolute atomic E-state index is 0.0564. The number of nitrogens with zero attached hydrogens (tertiary/aromatic N) is 3. The summed E-state index contributed by atoms with van der Waals surface area (Å²) in [5, 5.41) is 3.02. The van der Waals surface area contributed by atoms with Gasteiger partial charge in [0.05, 0.1) is 0 Å². The zero-order valence-electron chi connectivity index (χ0n) is 13.2. The SMILES string of the molecule is Nc1nccnc1C(=O)N1CCC(NC(=O)c2ccccc2)CC1. The van der Waals surface area contributed by atoms with Gasteiger partial charge in [-0.05, 0) is 25.0 Å². The predicted octanol–water partition coefficient (Wildman–Crippen LogP) is 1.09. The van der Waals surface area contributed by atoms with Crippen molar-refractivity contribution >= 4 is 17.6 Å². The van der Waals surface area contributed by atoms with Gasteiger partial charge in [-0.15, -0.1) is 0 Å². The van der Waals surface area contributed by atoms with Gasteiger partial charge >= 0.3 is 0 Å². The van der Waals surface area contributed by atoms with E-state index in [2.05, 4.69) is 15.3 Å². The Morgan fingerprint density at radius 3 is 2.42 bits per heavy atom. The molecule has 0 bridgehead atoms. The number of rotatable bonds is 3. The quantitative estimate of drug-likeness (QED) is 0.880. The highest BCUT2D eigenvalue weighted by Gasteiger charge is 2.26. The third-order valence-electron chi connectivity index (χ3n) is 4.08. The Bertz CT molecular complexity index is 727. The summed E-state index contributed by atoms with van der Waals surface area (Å²) in [6, 6.07) is 9.17. The predicted molar refractivity (Wildman–Crippen MR) is 89.3 cm³/mol. The Labute approximate surface area is 139 Å². The number of hydrogen-bond acceptors (Lipinski definition) is 5. The minimum Gasteiger partial charge on any atom is -0.382 e. The standard InChI is InChI=1S/C17H19N5O2/c18-15-14(19-8-9-20-15)17(24)22-10-6-13(7-11-22)21-16(23)12-4-2-1-3-5-12/h1-5,8-9,13H,6-7,10-11H2,(H2,18,20)(H,21,23). The lowest BCUT2D eigenvalue weighted by Crippen LogP contribution is -2.46. The first kappa shape index (κ1) is 15.9. The Morgan fingerprint density at radius 1 is 1.08 bits per heavy atom. The van der Waals surface area contributed by atoms with Crippen LogP contribution in [-0.2, 0) is 0 Å². The molecule has 1 fully saturated rings. The first-order valence-electron chi connectivity index (χ1n) is 7.87. The average molecular weight is 325 g/mol. The molecule has 24 heavy (non-hydrogen) atoms. The molecule has 2 aromatic rings. The maximum Gasteiger partial charge on any atom is 0.276 e. The van der Waals surface area contributed by atoms with E-state index in [1.54, 1.807) is 17.0 Å². The van der Waals surface area contributed by atoms with E-state index < -0.39 is 0 Å². The maximum absolute atomic E-state index is 12.4. The zero-order valence-corrected chi connectivity index (χ0v) is 13.2. The molecule has 1 aromatic carbocycles. The van der Waals surface area contributed by atoms with Crippen LogP contribution in [0.25, 0.3) is 0 Å². The summed E-state index contributed by atoms with van der Waals surface area (Å²) in [6.45, 7) is 1.10. The normalized spacial score (nSPS) is 15.1. The summed E-state index contributed by atoms with van der Waals surface area (Å²) in [5.41, 5.74) is 6.53. The Kier molecular flexibility index (Phi) is 4.69. The number of aromatic nitrogens is 2. The molecule has 1 aliphatic heterocycles. The molecule has 124 valence electrons. The monoisotopic (exact) mass is 325 g/mol. The number of carbonyl (C=O) groups excluding carboxylic acids is 2. The Balaban J connectivity index is 1.55. The molecule has 0 spiro atoms. The van der Waals surface area contributed by atoms with Gasteiger partial charge < -0.3 is 16.0 Å². The summed E-state index contributed by atoms with van der Waals surface area (Å²) in [6.07, 6.45) is 4.31. The fourth-order valence-corrected chi connectivity index (χ4v) is 2.75. The first-order chi connectivity index (χ1) is 11.6. The fourth-order valence-electron chi connectivity index (χ4n) is 2.75. The van der Waals surface area contributed by atoms with E-state index in [9.17, 15) is 9.59 Å². The van der Waals surface area contributed by atoms with Crippen molar-refractivity contribution in [2.45, 2.75) is 18.9 Å². The average Bonchev–Trinajstić information content (AvgIpc) is 2.63. The second-order valence-electron chi connectivity index (χ2n) is 5.70. The van der Waals surface area contributed by atoms with Gasteiger partial charge in [-0.1, -0.05) is 18.2 Å². The van der Waals surface area contributed by atoms with Crippen LogP contribution < -0.4 is 11.1 Å². The summed E-state index contributed by atoms with van der Waals surface area (Å²) >= 11 is 0. The lowest BCUT2D eigenvalue weighted by atomic mass is 10.0. The van der Waals surface area contributed by atoms with Crippen molar-refractivity contribution in [3.05, 3.63) is 54.0 Å². The molecule has 1 aromatic heterocycles. The van der Waals surface area contributed by atoms with Crippen molar-refractivity contribution < 1.29 is 9.59 Å². The van der Waals surface area contributed by atoms with Crippen LogP contribution in [-0.4, -0.2) is 45.8 Å². The molecule has 2 heterocycles. The smallest absolute Gasteiger partial charge is 0.276 e. The lowest BCUT2D eigenvalue weighted by molar-refractivity contribution is 0.0693. The highest BCUT2D eigenvalue weighted by Crippen LogP contribution is 2.15. The molecule has 2 amide bonds. The van der Waals surface area contributed by atoms with Gasteiger partial charge in [0, 0.05) is 37.1 Å². The molecule has 1 aliphatic rings. The van der Waals surface area contributed by atoms with Crippen molar-refractivity contribution in [2.75, 3.05) is 18.8 Å². The molecule has 3 rings (SSSR count). The van der Waals surface area contributed by atoms with E-state index in [1.165, 1.54) is 12.4 Å². The van der Waals surface area contributed by atoms with Crippen LogP contribution >= 0.6 is 0 Å². The summed E-state index contributed by atoms with van der Waals surface area (Å²) in [5.74, 6) is -0.158. The van der Waals surface area contributed by atoms with E-state index in [1.807, 2.05) is 18.2 Å². The number of hydrogen-bond donors (Lipinski definition) is 2. The van der Waals surface area contributed by atoms with E-state index in [-0.39, 0.29) is 29.4 Å². The van der Waals surface area contributed by atoms with Crippen LogP contribution in [0.4, 0.5) is 5.82 Å². The number of nitrogen functional groups attached to an aromatic ring is 1. The van der Waals surface area contributed by atoms with E-state index in [0.29, 0.717) is 31.5 Å². The van der Waals surface area contributed by atoms with Crippen LogP contribution in [0.3, 0.4) is 0 Å². The number of piperidine rings is 1. The minimum atomic E-state index is -0.214. The number of likely N-dealkylation sites (tertiary alicyclic amines) is 1. The molecule has 0 atom stereocenters. The fraction of sp³-hybridized carbons (Fsp3) is 0.294. The van der Waals surface area contributed by atoms with E-state index >= 15 is 0 Å². The van der Waals surface area contributed by atoms with Crippen LogP contribution in [0.15, 0.2) is 42.7 Å². The van der Waals surface area contributed by atoms with E-state index in [4.69, 9.17) is 5.73 Å². The van der Waals surface area contributed by atoms with Crippen molar-refractivity contribution in [3.63, 3.8) is 0 Å². The molecule has 0 saturated carbocycles. The number of amides is 2. The second-order valence-corrected chi connectivity index (χ2v) is 5.70. The Hall–Kier alpha value is -2.96. The number of benzene rings is 1. The largest absolute Gasteiger partial charge is 0.382 e. The van der Waals surface area contributed by atoms with Crippen LogP contribution in [0.2, 0.25) is 0 Å². The van der Waals surface area contributed by atoms with Crippen molar-refractivity contribution in [1.82, 2.24) is 20.2 Å². The molecule has 7 heteroatoms. The summed E-state index contributed by atoms with van der Waals surface area (Å²) in [7, 11) is 0. The van der Waals surface area contributed by atoms with Crippen LogP contribution in [0.5, 0.6) is 0 Å². The van der Waals surface area contributed by atoms with Crippen molar-refractivity contribution in [2.24, 2.45) is 0 Å². The molecule has 3 N–H and O–H groups in total. The topological polar surface area (TPSA) is 101 Å². The summed E-state index contributed by atoms with van der Waals surface area (Å²) < 4.78 is 0. The zero-order chi connectivity index (χ0) is 16.9. The highest BCUT2D eigenvalue weighted by atomic mass is 16.2. The van der Waals surface area contributed by atoms with Crippen molar-refractivity contribution in [3.8, 4) is 0 Å². The number of anilines is 1. The van der Waals surface area contributed by atoms with Gasteiger partial charge in [-0.2, -0.15) is 0 Å². The van der Waals surface area contributed by atoms with Crippen LogP contribution in [0, 0.1) is 0 Å². The van der Waals surface area contributed by atoms with Gasteiger partial charge in [0.2, 0.25) is 0 Å². The number of nitrogens with two attached hydrogens (primary N) is 1. The highest BCUT2D eigenvalue weighted by molar-refractivity contribution is 5.96. The van der Waals surface area contributed by atoms with Gasteiger partial charge in [0.25, 0.3) is 11.8 Å². The van der Waals surface area contributed by atoms with Gasteiger partial charge in [-0.25, -0.2) is 9.97 Å². The van der Waals surface area contributed by atoms with Gasteiger partial charge in [-0.3, -0.25) is 9.59 Å². The molecular formula is C17H19N5O2. The third-order valence-corrected chi connectivity index (χ3v) is 4.08.